The highest BCUT2D eigenvalue weighted by Gasteiger charge is 2.43. The largest absolute Gasteiger partial charge is 0.490 e. The number of methoxy groups -OCH3 is 1. The number of hydrogen-bond acceptors (Lipinski definition) is 4. The van der Waals surface area contributed by atoms with Crippen molar-refractivity contribution in [1.29, 1.82) is 0 Å². The van der Waals surface area contributed by atoms with Crippen molar-refractivity contribution in [2.24, 2.45) is 17.3 Å². The van der Waals surface area contributed by atoms with Gasteiger partial charge in [-0.15, -0.1) is 0 Å². The van der Waals surface area contributed by atoms with Gasteiger partial charge in [0.25, 0.3) is 0 Å². The van der Waals surface area contributed by atoms with Gasteiger partial charge in [-0.05, 0) is 85.8 Å². The van der Waals surface area contributed by atoms with Gasteiger partial charge in [-0.1, -0.05) is 45.0 Å². The maximum absolute atomic E-state index is 12.1. The van der Waals surface area contributed by atoms with Crippen LogP contribution in [0.25, 0.3) is 10.8 Å². The summed E-state index contributed by atoms with van der Waals surface area (Å²) < 4.78 is 11.6. The Labute approximate surface area is 205 Å². The predicted molar refractivity (Wildman–Crippen MR) is 137 cm³/mol. The van der Waals surface area contributed by atoms with Gasteiger partial charge in [0.15, 0.2) is 0 Å². The lowest BCUT2D eigenvalue weighted by Crippen LogP contribution is -2.44. The van der Waals surface area contributed by atoms with Crippen molar-refractivity contribution in [2.75, 3.05) is 7.11 Å². The fraction of sp³-hybridized carbons (Fsp3) is 0.633. The number of esters is 1. The summed E-state index contributed by atoms with van der Waals surface area (Å²) in [6, 6.07) is 14.3. The van der Waals surface area contributed by atoms with Crippen molar-refractivity contribution in [1.82, 2.24) is 4.90 Å². The maximum atomic E-state index is 12.1. The zero-order valence-corrected chi connectivity index (χ0v) is 21.4. The Morgan fingerprint density at radius 1 is 0.971 bits per heavy atom. The van der Waals surface area contributed by atoms with E-state index in [1.807, 2.05) is 0 Å². The number of carbonyl (C=O) groups excluding carboxylic acids is 1. The van der Waals surface area contributed by atoms with Crippen molar-refractivity contribution < 1.29 is 14.3 Å². The Bertz CT molecular complexity index is 1000. The average Bonchev–Trinajstić information content (AvgIpc) is 3.04. The number of hydrogen-bond donors (Lipinski definition) is 0. The Kier molecular flexibility index (Phi) is 6.63. The number of piperidine rings is 1. The first-order chi connectivity index (χ1) is 16.3. The van der Waals surface area contributed by atoms with Crippen LogP contribution < -0.4 is 4.74 Å². The highest BCUT2D eigenvalue weighted by molar-refractivity contribution is 5.88. The first-order valence-corrected chi connectivity index (χ1v) is 13.3. The van der Waals surface area contributed by atoms with Crippen molar-refractivity contribution >= 4 is 16.7 Å². The normalized spacial score (nSPS) is 29.8. The molecule has 2 aromatic rings. The fourth-order valence-electron chi connectivity index (χ4n) is 6.83. The minimum Gasteiger partial charge on any atom is -0.490 e. The SMILES string of the molecule is COC(=O)C1CC2CCC(C1)N2Cc1ccc2c(O[C@H]3CC[C@H](C(C)(C)C)CC3)cccc2c1. The quantitative estimate of drug-likeness (QED) is 0.460. The molecule has 4 nitrogen and oxygen atoms in total. The lowest BCUT2D eigenvalue weighted by atomic mass is 9.72. The lowest BCUT2D eigenvalue weighted by molar-refractivity contribution is -0.148. The van der Waals surface area contributed by atoms with E-state index < -0.39 is 0 Å². The minimum atomic E-state index is -0.0262. The molecule has 4 heteroatoms. The smallest absolute Gasteiger partial charge is 0.308 e. The zero-order chi connectivity index (χ0) is 23.9. The van der Waals surface area contributed by atoms with Crippen molar-refractivity contribution in [2.45, 2.75) is 96.9 Å². The van der Waals surface area contributed by atoms with Gasteiger partial charge in [-0.25, -0.2) is 0 Å². The minimum absolute atomic E-state index is 0.0262. The summed E-state index contributed by atoms with van der Waals surface area (Å²) in [5.41, 5.74) is 1.75. The molecule has 5 rings (SSSR count). The summed E-state index contributed by atoms with van der Waals surface area (Å²) in [7, 11) is 1.51. The molecular weight excluding hydrogens is 422 g/mol. The predicted octanol–water partition coefficient (Wildman–Crippen LogP) is 6.74. The maximum Gasteiger partial charge on any atom is 0.308 e. The number of nitrogens with zero attached hydrogens (tertiary/aromatic N) is 1. The molecule has 0 radical (unpaired) electrons. The molecule has 2 heterocycles. The first-order valence-electron chi connectivity index (χ1n) is 13.3. The van der Waals surface area contributed by atoms with E-state index in [1.54, 1.807) is 0 Å². The third kappa shape index (κ3) is 4.84. The van der Waals surface area contributed by atoms with Gasteiger partial charge in [0.05, 0.1) is 19.1 Å². The van der Waals surface area contributed by atoms with E-state index in [0.717, 1.165) is 43.9 Å². The van der Waals surface area contributed by atoms with Gasteiger partial charge >= 0.3 is 5.97 Å². The monoisotopic (exact) mass is 463 g/mol. The molecule has 0 amide bonds. The van der Waals surface area contributed by atoms with Gasteiger partial charge in [-0.3, -0.25) is 9.69 Å². The van der Waals surface area contributed by atoms with E-state index in [-0.39, 0.29) is 11.9 Å². The lowest BCUT2D eigenvalue weighted by Gasteiger charge is -2.38. The van der Waals surface area contributed by atoms with Crippen LogP contribution in [0.1, 0.15) is 77.7 Å². The molecule has 0 N–H and O–H groups in total. The molecule has 184 valence electrons. The van der Waals surface area contributed by atoms with Crippen LogP contribution in [-0.4, -0.2) is 36.2 Å². The van der Waals surface area contributed by atoms with Crippen LogP contribution in [0.5, 0.6) is 5.75 Å². The van der Waals surface area contributed by atoms with Gasteiger partial charge in [0.2, 0.25) is 0 Å². The van der Waals surface area contributed by atoms with E-state index in [0.29, 0.717) is 23.6 Å². The molecule has 34 heavy (non-hydrogen) atoms. The Morgan fingerprint density at radius 2 is 1.68 bits per heavy atom. The Morgan fingerprint density at radius 3 is 2.32 bits per heavy atom. The second kappa shape index (κ2) is 9.53. The van der Waals surface area contributed by atoms with Crippen LogP contribution in [0.15, 0.2) is 36.4 Å². The Balaban J connectivity index is 1.25. The van der Waals surface area contributed by atoms with Crippen LogP contribution in [-0.2, 0) is 16.1 Å². The average molecular weight is 464 g/mol. The molecule has 1 saturated carbocycles. The molecule has 2 aliphatic heterocycles. The second-order valence-corrected chi connectivity index (χ2v) is 12.0. The molecule has 2 atom stereocenters. The van der Waals surface area contributed by atoms with E-state index in [1.165, 1.54) is 49.1 Å². The number of rotatable bonds is 5. The summed E-state index contributed by atoms with van der Waals surface area (Å²) in [5.74, 6) is 1.88. The molecule has 3 aliphatic rings. The first kappa shape index (κ1) is 23.7. The molecule has 2 bridgehead atoms. The topological polar surface area (TPSA) is 38.8 Å². The van der Waals surface area contributed by atoms with Crippen molar-refractivity contribution in [3.05, 3.63) is 42.0 Å². The van der Waals surface area contributed by atoms with Gasteiger partial charge < -0.3 is 9.47 Å². The molecule has 0 aromatic heterocycles. The number of carbonyl (C=O) groups is 1. The number of ether oxygens (including phenoxy) is 2. The van der Waals surface area contributed by atoms with E-state index in [2.05, 4.69) is 62.1 Å². The molecule has 3 fully saturated rings. The van der Waals surface area contributed by atoms with Crippen molar-refractivity contribution in [3.63, 3.8) is 0 Å². The molecule has 2 saturated heterocycles. The molecule has 2 unspecified atom stereocenters. The highest BCUT2D eigenvalue weighted by Crippen LogP contribution is 2.41. The van der Waals surface area contributed by atoms with E-state index in [4.69, 9.17) is 9.47 Å². The third-order valence-electron chi connectivity index (χ3n) is 8.88. The van der Waals surface area contributed by atoms with Gasteiger partial charge in [-0.2, -0.15) is 0 Å². The summed E-state index contributed by atoms with van der Waals surface area (Å²) >= 11 is 0. The zero-order valence-electron chi connectivity index (χ0n) is 21.4. The van der Waals surface area contributed by atoms with Crippen LogP contribution in [0, 0.1) is 17.3 Å². The third-order valence-corrected chi connectivity index (χ3v) is 8.88. The van der Waals surface area contributed by atoms with Crippen LogP contribution in [0.2, 0.25) is 0 Å². The Hall–Kier alpha value is -2.07. The number of benzene rings is 2. The number of fused-ring (bicyclic) bond motifs is 3. The highest BCUT2D eigenvalue weighted by atomic mass is 16.5. The standard InChI is InChI=1S/C30H41NO3/c1-30(2,3)23-9-13-26(14-10-23)34-28-7-5-6-21-16-20(8-15-27(21)28)19-31-24-11-12-25(31)18-22(17-24)29(32)33-4/h5-8,15-16,22-26H,9-14,17-19H2,1-4H3/t22?,23-,24?,25?,26-. The fourth-order valence-corrected chi connectivity index (χ4v) is 6.83. The van der Waals surface area contributed by atoms with Gasteiger partial charge in [0.1, 0.15) is 5.75 Å². The van der Waals surface area contributed by atoms with Crippen molar-refractivity contribution in [3.8, 4) is 5.75 Å². The van der Waals surface area contributed by atoms with Crippen LogP contribution in [0.3, 0.4) is 0 Å². The van der Waals surface area contributed by atoms with Crippen LogP contribution >= 0.6 is 0 Å². The molecule has 2 aromatic carbocycles. The van der Waals surface area contributed by atoms with E-state index in [9.17, 15) is 4.79 Å². The summed E-state index contributed by atoms with van der Waals surface area (Å²) in [6.45, 7) is 8.07. The molecular formula is C30H41NO3. The van der Waals surface area contributed by atoms with E-state index >= 15 is 0 Å². The second-order valence-electron chi connectivity index (χ2n) is 12.0. The molecule has 0 spiro atoms. The molecule has 1 aliphatic carbocycles. The summed E-state index contributed by atoms with van der Waals surface area (Å²) in [6.07, 6.45) is 9.42. The van der Waals surface area contributed by atoms with Gasteiger partial charge in [0, 0.05) is 24.0 Å². The van der Waals surface area contributed by atoms with Crippen LogP contribution in [0.4, 0.5) is 0 Å². The summed E-state index contributed by atoms with van der Waals surface area (Å²) in [5, 5.41) is 2.48. The summed E-state index contributed by atoms with van der Waals surface area (Å²) in [4.78, 5) is 14.7.